The van der Waals surface area contributed by atoms with Gasteiger partial charge in [-0.2, -0.15) is 0 Å². The Bertz CT molecular complexity index is 222. The molecular weight excluding hydrogens is 194 g/mol. The van der Waals surface area contributed by atoms with Crippen molar-refractivity contribution >= 4 is 5.91 Å². The van der Waals surface area contributed by atoms with Crippen molar-refractivity contribution in [1.29, 1.82) is 0 Å². The fourth-order valence-corrected chi connectivity index (χ4v) is 2.05. The summed E-state index contributed by atoms with van der Waals surface area (Å²) in [5, 5.41) is 0. The first kappa shape index (κ1) is 10.9. The second kappa shape index (κ2) is 4.94. The highest BCUT2D eigenvalue weighted by Gasteiger charge is 2.34. The molecule has 0 N–H and O–H groups in total. The average molecular weight is 213 g/mol. The molecule has 0 spiro atoms. The SMILES string of the molecule is COCC(=O)N(CC1CCOC1)C1CC1. The monoisotopic (exact) mass is 213 g/mol. The molecule has 0 radical (unpaired) electrons. The van der Waals surface area contributed by atoms with Crippen molar-refractivity contribution < 1.29 is 14.3 Å². The van der Waals surface area contributed by atoms with Crippen LogP contribution in [0.2, 0.25) is 0 Å². The zero-order valence-corrected chi connectivity index (χ0v) is 9.28. The van der Waals surface area contributed by atoms with Gasteiger partial charge in [-0.15, -0.1) is 0 Å². The first-order valence-electron chi connectivity index (χ1n) is 5.67. The van der Waals surface area contributed by atoms with Crippen molar-refractivity contribution in [2.75, 3.05) is 33.5 Å². The Morgan fingerprint density at radius 2 is 2.27 bits per heavy atom. The van der Waals surface area contributed by atoms with Crippen molar-refractivity contribution in [2.45, 2.75) is 25.3 Å². The minimum atomic E-state index is 0.131. The number of nitrogens with zero attached hydrogens (tertiary/aromatic N) is 1. The number of carbonyl (C=O) groups excluding carboxylic acids is 1. The number of rotatable bonds is 5. The van der Waals surface area contributed by atoms with Gasteiger partial charge in [-0.1, -0.05) is 0 Å². The van der Waals surface area contributed by atoms with Gasteiger partial charge in [0.15, 0.2) is 0 Å². The lowest BCUT2D eigenvalue weighted by molar-refractivity contribution is -0.136. The summed E-state index contributed by atoms with van der Waals surface area (Å²) in [6.07, 6.45) is 3.40. The largest absolute Gasteiger partial charge is 0.381 e. The molecule has 1 atom stereocenters. The lowest BCUT2D eigenvalue weighted by Gasteiger charge is -2.24. The number of carbonyl (C=O) groups is 1. The molecule has 2 aliphatic rings. The number of ether oxygens (including phenoxy) is 2. The Morgan fingerprint density at radius 3 is 2.80 bits per heavy atom. The number of hydrogen-bond acceptors (Lipinski definition) is 3. The standard InChI is InChI=1S/C11H19NO3/c1-14-8-11(13)12(10-2-3-10)6-9-4-5-15-7-9/h9-10H,2-8H2,1H3. The number of amides is 1. The topological polar surface area (TPSA) is 38.8 Å². The van der Waals surface area contributed by atoms with Crippen LogP contribution in [0.25, 0.3) is 0 Å². The number of methoxy groups -OCH3 is 1. The van der Waals surface area contributed by atoms with E-state index in [0.29, 0.717) is 12.0 Å². The Morgan fingerprint density at radius 1 is 1.47 bits per heavy atom. The van der Waals surface area contributed by atoms with Crippen molar-refractivity contribution in [3.8, 4) is 0 Å². The first-order chi connectivity index (χ1) is 7.31. The minimum absolute atomic E-state index is 0.131. The van der Waals surface area contributed by atoms with Crippen LogP contribution in [-0.4, -0.2) is 50.3 Å². The molecule has 0 bridgehead atoms. The predicted molar refractivity (Wildman–Crippen MR) is 55.5 cm³/mol. The lowest BCUT2D eigenvalue weighted by atomic mass is 10.1. The summed E-state index contributed by atoms with van der Waals surface area (Å²) in [5.41, 5.74) is 0. The van der Waals surface area contributed by atoms with E-state index in [4.69, 9.17) is 9.47 Å². The second-order valence-corrected chi connectivity index (χ2v) is 4.44. The Labute approximate surface area is 90.5 Å². The summed E-state index contributed by atoms with van der Waals surface area (Å²) < 4.78 is 10.2. The molecule has 15 heavy (non-hydrogen) atoms. The maximum absolute atomic E-state index is 11.8. The third-order valence-electron chi connectivity index (χ3n) is 3.05. The average Bonchev–Trinajstić information content (AvgIpc) is 2.93. The first-order valence-corrected chi connectivity index (χ1v) is 5.67. The molecule has 4 nitrogen and oxygen atoms in total. The number of hydrogen-bond donors (Lipinski definition) is 0. The Balaban J connectivity index is 1.84. The van der Waals surface area contributed by atoms with E-state index in [2.05, 4.69) is 0 Å². The normalized spacial score (nSPS) is 25.5. The maximum atomic E-state index is 11.8. The molecule has 1 heterocycles. The molecule has 0 aromatic rings. The highest BCUT2D eigenvalue weighted by atomic mass is 16.5. The van der Waals surface area contributed by atoms with E-state index in [0.717, 1.165) is 39.0 Å². The fourth-order valence-electron chi connectivity index (χ4n) is 2.05. The zero-order valence-electron chi connectivity index (χ0n) is 9.28. The molecule has 86 valence electrons. The van der Waals surface area contributed by atoms with Gasteiger partial charge in [0.25, 0.3) is 0 Å². The van der Waals surface area contributed by atoms with Gasteiger partial charge < -0.3 is 14.4 Å². The van der Waals surface area contributed by atoms with Gasteiger partial charge in [0.2, 0.25) is 5.91 Å². The molecule has 1 unspecified atom stereocenters. The smallest absolute Gasteiger partial charge is 0.248 e. The molecule has 1 aliphatic heterocycles. The van der Waals surface area contributed by atoms with Crippen LogP contribution in [0.3, 0.4) is 0 Å². The molecule has 1 saturated heterocycles. The summed E-state index contributed by atoms with van der Waals surface area (Å²) >= 11 is 0. The quantitative estimate of drug-likeness (QED) is 0.673. The van der Waals surface area contributed by atoms with Gasteiger partial charge in [0.05, 0.1) is 6.61 Å². The summed E-state index contributed by atoms with van der Waals surface area (Å²) in [6, 6.07) is 0.480. The highest BCUT2D eigenvalue weighted by molar-refractivity contribution is 5.78. The van der Waals surface area contributed by atoms with Crippen LogP contribution in [-0.2, 0) is 14.3 Å². The van der Waals surface area contributed by atoms with Gasteiger partial charge in [-0.25, -0.2) is 0 Å². The van der Waals surface area contributed by atoms with Gasteiger partial charge in [0.1, 0.15) is 6.61 Å². The molecule has 2 rings (SSSR count). The van der Waals surface area contributed by atoms with E-state index in [1.54, 1.807) is 7.11 Å². The molecule has 4 heteroatoms. The molecule has 1 aliphatic carbocycles. The van der Waals surface area contributed by atoms with E-state index >= 15 is 0 Å². The van der Waals surface area contributed by atoms with Crippen molar-refractivity contribution in [3.05, 3.63) is 0 Å². The van der Waals surface area contributed by atoms with Crippen LogP contribution in [0, 0.1) is 5.92 Å². The van der Waals surface area contributed by atoms with E-state index in [-0.39, 0.29) is 12.5 Å². The zero-order chi connectivity index (χ0) is 10.7. The molecule has 0 aromatic carbocycles. The van der Waals surface area contributed by atoms with Gasteiger partial charge in [-0.3, -0.25) is 4.79 Å². The van der Waals surface area contributed by atoms with Gasteiger partial charge in [0, 0.05) is 32.2 Å². The minimum Gasteiger partial charge on any atom is -0.381 e. The van der Waals surface area contributed by atoms with Gasteiger partial charge in [-0.05, 0) is 19.3 Å². The Hall–Kier alpha value is -0.610. The third-order valence-corrected chi connectivity index (χ3v) is 3.05. The molecule has 0 aromatic heterocycles. The van der Waals surface area contributed by atoms with Crippen LogP contribution in [0.1, 0.15) is 19.3 Å². The Kier molecular flexibility index (Phi) is 3.59. The van der Waals surface area contributed by atoms with Crippen LogP contribution < -0.4 is 0 Å². The van der Waals surface area contributed by atoms with E-state index in [9.17, 15) is 4.79 Å². The van der Waals surface area contributed by atoms with E-state index < -0.39 is 0 Å². The van der Waals surface area contributed by atoms with Crippen LogP contribution in [0.5, 0.6) is 0 Å². The van der Waals surface area contributed by atoms with Crippen molar-refractivity contribution in [1.82, 2.24) is 4.90 Å². The predicted octanol–water partition coefficient (Wildman–Crippen LogP) is 0.660. The van der Waals surface area contributed by atoms with E-state index in [1.165, 1.54) is 0 Å². The fraction of sp³-hybridized carbons (Fsp3) is 0.909. The molecular formula is C11H19NO3. The van der Waals surface area contributed by atoms with E-state index in [1.807, 2.05) is 4.90 Å². The second-order valence-electron chi connectivity index (χ2n) is 4.44. The van der Waals surface area contributed by atoms with Crippen molar-refractivity contribution in [2.24, 2.45) is 5.92 Å². The summed E-state index contributed by atoms with van der Waals surface area (Å²) in [5.74, 6) is 0.665. The highest BCUT2D eigenvalue weighted by Crippen LogP contribution is 2.29. The molecule has 2 fully saturated rings. The summed E-state index contributed by atoms with van der Waals surface area (Å²) in [7, 11) is 1.57. The summed E-state index contributed by atoms with van der Waals surface area (Å²) in [6.45, 7) is 2.72. The van der Waals surface area contributed by atoms with Crippen LogP contribution >= 0.6 is 0 Å². The van der Waals surface area contributed by atoms with Gasteiger partial charge >= 0.3 is 0 Å². The summed E-state index contributed by atoms with van der Waals surface area (Å²) in [4.78, 5) is 13.8. The maximum Gasteiger partial charge on any atom is 0.248 e. The van der Waals surface area contributed by atoms with Crippen LogP contribution in [0.15, 0.2) is 0 Å². The third kappa shape index (κ3) is 2.92. The molecule has 1 amide bonds. The lowest BCUT2D eigenvalue weighted by Crippen LogP contribution is -2.39. The van der Waals surface area contributed by atoms with Crippen LogP contribution in [0.4, 0.5) is 0 Å². The van der Waals surface area contributed by atoms with Crippen molar-refractivity contribution in [3.63, 3.8) is 0 Å². The molecule has 1 saturated carbocycles.